The van der Waals surface area contributed by atoms with Gasteiger partial charge in [0, 0.05) is 17.1 Å². The van der Waals surface area contributed by atoms with Gasteiger partial charge < -0.3 is 5.32 Å². The third kappa shape index (κ3) is 6.07. The lowest BCUT2D eigenvalue weighted by molar-refractivity contribution is 0.220. The Morgan fingerprint density at radius 1 is 1.29 bits per heavy atom. The number of hydrogen-bond donors (Lipinski definition) is 1. The predicted molar refractivity (Wildman–Crippen MR) is 93.2 cm³/mol. The first-order valence-electron chi connectivity index (χ1n) is 8.09. The standard InChI is InChI=1S/C18H29BrFN/c1-5-7-10-18(6-2,13-21-14(3)4)12-15-8-9-16(19)11-17(15)20/h8-9,11,14,21H,5-7,10,12-13H2,1-4H3. The molecule has 0 spiro atoms. The molecule has 0 aliphatic rings. The molecule has 120 valence electrons. The van der Waals surface area contributed by atoms with Crippen molar-refractivity contribution in [3.05, 3.63) is 34.1 Å². The highest BCUT2D eigenvalue weighted by molar-refractivity contribution is 9.10. The lowest BCUT2D eigenvalue weighted by Crippen LogP contribution is -2.39. The summed E-state index contributed by atoms with van der Waals surface area (Å²) in [5.74, 6) is -0.0942. The first-order valence-corrected chi connectivity index (χ1v) is 8.89. The second kappa shape index (κ2) is 8.89. The highest BCUT2D eigenvalue weighted by Gasteiger charge is 2.29. The summed E-state index contributed by atoms with van der Waals surface area (Å²) >= 11 is 3.33. The Balaban J connectivity index is 2.92. The molecule has 1 aromatic rings. The number of nitrogens with one attached hydrogen (secondary N) is 1. The summed E-state index contributed by atoms with van der Waals surface area (Å²) in [6.07, 6.45) is 5.41. The second-order valence-corrected chi connectivity index (χ2v) is 7.32. The molecule has 0 radical (unpaired) electrons. The molecule has 1 atom stereocenters. The Morgan fingerprint density at radius 3 is 2.52 bits per heavy atom. The maximum atomic E-state index is 14.2. The van der Waals surface area contributed by atoms with Crippen LogP contribution >= 0.6 is 15.9 Å². The number of rotatable bonds is 9. The zero-order chi connectivity index (χ0) is 15.9. The van der Waals surface area contributed by atoms with Crippen molar-refractivity contribution in [2.45, 2.75) is 65.8 Å². The van der Waals surface area contributed by atoms with Crippen LogP contribution in [0, 0.1) is 11.2 Å². The Bertz CT molecular complexity index is 433. The third-order valence-electron chi connectivity index (χ3n) is 4.28. The lowest BCUT2D eigenvalue weighted by atomic mass is 9.75. The van der Waals surface area contributed by atoms with E-state index in [4.69, 9.17) is 0 Å². The summed E-state index contributed by atoms with van der Waals surface area (Å²) < 4.78 is 15.0. The maximum absolute atomic E-state index is 14.2. The van der Waals surface area contributed by atoms with Crippen molar-refractivity contribution in [3.8, 4) is 0 Å². The van der Waals surface area contributed by atoms with Gasteiger partial charge in [-0.2, -0.15) is 0 Å². The van der Waals surface area contributed by atoms with Crippen LogP contribution in [-0.2, 0) is 6.42 Å². The van der Waals surface area contributed by atoms with Gasteiger partial charge in [0.05, 0.1) is 0 Å². The van der Waals surface area contributed by atoms with E-state index < -0.39 is 0 Å². The Hall–Kier alpha value is -0.410. The minimum atomic E-state index is -0.0942. The van der Waals surface area contributed by atoms with Crippen molar-refractivity contribution in [2.24, 2.45) is 5.41 Å². The molecule has 0 amide bonds. The van der Waals surface area contributed by atoms with Gasteiger partial charge in [-0.05, 0) is 42.4 Å². The minimum absolute atomic E-state index is 0.0942. The highest BCUT2D eigenvalue weighted by Crippen LogP contribution is 2.34. The van der Waals surface area contributed by atoms with E-state index in [1.807, 2.05) is 12.1 Å². The number of benzene rings is 1. The van der Waals surface area contributed by atoms with Crippen LogP contribution in [0.2, 0.25) is 0 Å². The molecule has 0 aliphatic heterocycles. The summed E-state index contributed by atoms with van der Waals surface area (Å²) in [4.78, 5) is 0. The molecule has 1 unspecified atom stereocenters. The van der Waals surface area contributed by atoms with Gasteiger partial charge in [-0.3, -0.25) is 0 Å². The van der Waals surface area contributed by atoms with Crippen molar-refractivity contribution in [1.29, 1.82) is 0 Å². The maximum Gasteiger partial charge on any atom is 0.127 e. The third-order valence-corrected chi connectivity index (χ3v) is 4.77. The predicted octanol–water partition coefficient (Wildman–Crippen LogP) is 5.72. The van der Waals surface area contributed by atoms with Gasteiger partial charge in [-0.15, -0.1) is 0 Å². The molecule has 3 heteroatoms. The van der Waals surface area contributed by atoms with E-state index in [0.717, 1.165) is 35.8 Å². The molecule has 21 heavy (non-hydrogen) atoms. The van der Waals surface area contributed by atoms with E-state index in [2.05, 4.69) is 48.9 Å². The molecule has 0 heterocycles. The molecule has 0 bridgehead atoms. The van der Waals surface area contributed by atoms with Gasteiger partial charge in [0.15, 0.2) is 0 Å². The monoisotopic (exact) mass is 357 g/mol. The minimum Gasteiger partial charge on any atom is -0.314 e. The Kier molecular flexibility index (Phi) is 7.89. The van der Waals surface area contributed by atoms with E-state index in [0.29, 0.717) is 6.04 Å². The lowest BCUT2D eigenvalue weighted by Gasteiger charge is -2.34. The fourth-order valence-corrected chi connectivity index (χ4v) is 3.04. The number of halogens is 2. The highest BCUT2D eigenvalue weighted by atomic mass is 79.9. The first-order chi connectivity index (χ1) is 9.92. The molecule has 0 aliphatic carbocycles. The van der Waals surface area contributed by atoms with E-state index in [1.54, 1.807) is 6.07 Å². The number of hydrogen-bond acceptors (Lipinski definition) is 1. The van der Waals surface area contributed by atoms with Crippen molar-refractivity contribution in [2.75, 3.05) is 6.54 Å². The van der Waals surface area contributed by atoms with E-state index in [-0.39, 0.29) is 11.2 Å². The van der Waals surface area contributed by atoms with Crippen LogP contribution in [-0.4, -0.2) is 12.6 Å². The van der Waals surface area contributed by atoms with Crippen molar-refractivity contribution < 1.29 is 4.39 Å². The average molecular weight is 358 g/mol. The molecule has 0 saturated carbocycles. The van der Waals surface area contributed by atoms with E-state index in [1.165, 1.54) is 12.8 Å². The Morgan fingerprint density at radius 2 is 2.00 bits per heavy atom. The average Bonchev–Trinajstić information content (AvgIpc) is 2.44. The molecule has 0 fully saturated rings. The van der Waals surface area contributed by atoms with E-state index in [9.17, 15) is 4.39 Å². The van der Waals surface area contributed by atoms with Crippen LogP contribution < -0.4 is 5.32 Å². The molecule has 1 N–H and O–H groups in total. The Labute approximate surface area is 137 Å². The summed E-state index contributed by atoms with van der Waals surface area (Å²) in [6, 6.07) is 5.90. The fraction of sp³-hybridized carbons (Fsp3) is 0.667. The smallest absolute Gasteiger partial charge is 0.127 e. The normalized spacial score (nSPS) is 14.4. The quantitative estimate of drug-likeness (QED) is 0.596. The largest absolute Gasteiger partial charge is 0.314 e. The number of unbranched alkanes of at least 4 members (excludes halogenated alkanes) is 1. The molecular formula is C18H29BrFN. The van der Waals surface area contributed by atoms with Gasteiger partial charge in [-0.25, -0.2) is 4.39 Å². The molecule has 1 rings (SSSR count). The van der Waals surface area contributed by atoms with Crippen LogP contribution in [0.25, 0.3) is 0 Å². The van der Waals surface area contributed by atoms with Gasteiger partial charge in [0.1, 0.15) is 5.82 Å². The van der Waals surface area contributed by atoms with Gasteiger partial charge in [-0.1, -0.05) is 62.5 Å². The summed E-state index contributed by atoms with van der Waals surface area (Å²) in [5.41, 5.74) is 0.983. The second-order valence-electron chi connectivity index (χ2n) is 6.41. The van der Waals surface area contributed by atoms with Crippen molar-refractivity contribution >= 4 is 15.9 Å². The van der Waals surface area contributed by atoms with Gasteiger partial charge in [0.25, 0.3) is 0 Å². The van der Waals surface area contributed by atoms with Crippen LogP contribution in [0.5, 0.6) is 0 Å². The van der Waals surface area contributed by atoms with Gasteiger partial charge >= 0.3 is 0 Å². The molecular weight excluding hydrogens is 329 g/mol. The zero-order valence-electron chi connectivity index (χ0n) is 13.8. The zero-order valence-corrected chi connectivity index (χ0v) is 15.4. The fourth-order valence-electron chi connectivity index (χ4n) is 2.71. The van der Waals surface area contributed by atoms with Gasteiger partial charge in [0.2, 0.25) is 0 Å². The molecule has 0 saturated heterocycles. The first kappa shape index (κ1) is 18.6. The van der Waals surface area contributed by atoms with Crippen molar-refractivity contribution in [3.63, 3.8) is 0 Å². The SMILES string of the molecule is CCCCC(CC)(CNC(C)C)Cc1ccc(Br)cc1F. The summed E-state index contributed by atoms with van der Waals surface area (Å²) in [6.45, 7) is 9.74. The van der Waals surface area contributed by atoms with Crippen LogP contribution in [0.15, 0.2) is 22.7 Å². The molecule has 1 aromatic carbocycles. The molecule has 1 nitrogen and oxygen atoms in total. The topological polar surface area (TPSA) is 12.0 Å². The molecule has 0 aromatic heterocycles. The summed E-state index contributed by atoms with van der Waals surface area (Å²) in [5, 5.41) is 3.57. The van der Waals surface area contributed by atoms with Crippen LogP contribution in [0.4, 0.5) is 4.39 Å². The summed E-state index contributed by atoms with van der Waals surface area (Å²) in [7, 11) is 0. The van der Waals surface area contributed by atoms with Crippen molar-refractivity contribution in [1.82, 2.24) is 5.32 Å². The van der Waals surface area contributed by atoms with Crippen LogP contribution in [0.1, 0.15) is 58.9 Å². The van der Waals surface area contributed by atoms with E-state index >= 15 is 0 Å². The van der Waals surface area contributed by atoms with Crippen LogP contribution in [0.3, 0.4) is 0 Å².